The van der Waals surface area contributed by atoms with Crippen LogP contribution in [-0.4, -0.2) is 18.1 Å². The molecule has 0 spiro atoms. The number of hydrogen-bond donors (Lipinski definition) is 1. The minimum atomic E-state index is -0.707. The molecule has 0 aromatic heterocycles. The van der Waals surface area contributed by atoms with E-state index in [2.05, 4.69) is 5.32 Å². The molecule has 100 valence electrons. The highest BCUT2D eigenvalue weighted by Crippen LogP contribution is 2.35. The Bertz CT molecular complexity index is 417. The average molecular weight is 271 g/mol. The molecule has 18 heavy (non-hydrogen) atoms. The van der Waals surface area contributed by atoms with Gasteiger partial charge in [0.25, 0.3) is 0 Å². The van der Waals surface area contributed by atoms with Crippen LogP contribution in [0.2, 0.25) is 0 Å². The van der Waals surface area contributed by atoms with Gasteiger partial charge in [-0.15, -0.1) is 0 Å². The second-order valence-corrected chi connectivity index (χ2v) is 5.91. The van der Waals surface area contributed by atoms with Gasteiger partial charge in [0.15, 0.2) is 11.6 Å². The fourth-order valence-electron chi connectivity index (χ4n) is 2.47. The number of halogens is 2. The summed E-state index contributed by atoms with van der Waals surface area (Å²) in [5.41, 5.74) is 0.847. The number of hydrogen-bond acceptors (Lipinski definition) is 2. The number of rotatable bonds is 4. The first-order valence-electron chi connectivity index (χ1n) is 6.40. The lowest BCUT2D eigenvalue weighted by molar-refractivity contribution is 0.378. The molecule has 4 heteroatoms. The molecule has 2 rings (SSSR count). The molecule has 1 aliphatic rings. The highest BCUT2D eigenvalue weighted by molar-refractivity contribution is 7.99. The van der Waals surface area contributed by atoms with Crippen LogP contribution in [0.5, 0.6) is 0 Å². The van der Waals surface area contributed by atoms with Crippen LogP contribution in [0.4, 0.5) is 8.78 Å². The molecule has 0 saturated carbocycles. The van der Waals surface area contributed by atoms with Gasteiger partial charge in [-0.1, -0.05) is 19.1 Å². The summed E-state index contributed by atoms with van der Waals surface area (Å²) >= 11 is 1.89. The summed E-state index contributed by atoms with van der Waals surface area (Å²) < 4.78 is 27.7. The standard InChI is InChI=1S/C14H19F2NS/c1-3-17-14(10-6-7-18-8-10)11-5-4-9(2)12(15)13(11)16/h4-5,10,14,17H,3,6-8H2,1-2H3. The van der Waals surface area contributed by atoms with Crippen LogP contribution in [0.15, 0.2) is 12.1 Å². The lowest BCUT2D eigenvalue weighted by Crippen LogP contribution is -2.29. The lowest BCUT2D eigenvalue weighted by atomic mass is 9.91. The van der Waals surface area contributed by atoms with Gasteiger partial charge in [0, 0.05) is 11.6 Å². The van der Waals surface area contributed by atoms with Crippen LogP contribution in [0.1, 0.15) is 30.5 Å². The van der Waals surface area contributed by atoms with Gasteiger partial charge in [0.1, 0.15) is 0 Å². The molecule has 1 saturated heterocycles. The second-order valence-electron chi connectivity index (χ2n) is 4.76. The van der Waals surface area contributed by atoms with E-state index in [-0.39, 0.29) is 6.04 Å². The Balaban J connectivity index is 2.32. The second kappa shape index (κ2) is 6.02. The third kappa shape index (κ3) is 2.69. The van der Waals surface area contributed by atoms with E-state index in [9.17, 15) is 8.78 Å². The number of benzene rings is 1. The maximum Gasteiger partial charge on any atom is 0.163 e. The highest BCUT2D eigenvalue weighted by atomic mass is 32.2. The van der Waals surface area contributed by atoms with E-state index in [4.69, 9.17) is 0 Å². The van der Waals surface area contributed by atoms with Gasteiger partial charge in [-0.05, 0) is 42.9 Å². The van der Waals surface area contributed by atoms with Crippen molar-refractivity contribution in [2.45, 2.75) is 26.3 Å². The molecular weight excluding hydrogens is 252 g/mol. The predicted octanol–water partition coefficient (Wildman–Crippen LogP) is 3.68. The average Bonchev–Trinajstić information content (AvgIpc) is 2.88. The van der Waals surface area contributed by atoms with Crippen LogP contribution < -0.4 is 5.32 Å². The minimum Gasteiger partial charge on any atom is -0.310 e. The Labute approximate surface area is 111 Å². The van der Waals surface area contributed by atoms with E-state index in [1.54, 1.807) is 19.1 Å². The largest absolute Gasteiger partial charge is 0.310 e. The zero-order valence-electron chi connectivity index (χ0n) is 10.8. The quantitative estimate of drug-likeness (QED) is 0.896. The first kappa shape index (κ1) is 13.8. The van der Waals surface area contributed by atoms with E-state index in [0.717, 1.165) is 24.5 Å². The molecular formula is C14H19F2NS. The van der Waals surface area contributed by atoms with Gasteiger partial charge in [0.05, 0.1) is 0 Å². The molecule has 0 amide bonds. The van der Waals surface area contributed by atoms with Gasteiger partial charge in [-0.25, -0.2) is 8.78 Å². The van der Waals surface area contributed by atoms with E-state index in [1.807, 2.05) is 18.7 Å². The number of nitrogens with one attached hydrogen (secondary N) is 1. The van der Waals surface area contributed by atoms with Crippen molar-refractivity contribution in [2.24, 2.45) is 5.92 Å². The van der Waals surface area contributed by atoms with Crippen molar-refractivity contribution in [1.29, 1.82) is 0 Å². The minimum absolute atomic E-state index is 0.0694. The molecule has 0 radical (unpaired) electrons. The highest BCUT2D eigenvalue weighted by Gasteiger charge is 2.29. The van der Waals surface area contributed by atoms with Gasteiger partial charge in [-0.2, -0.15) is 11.8 Å². The molecule has 1 aromatic rings. The first-order chi connectivity index (χ1) is 8.65. The molecule has 2 unspecified atom stereocenters. The van der Waals surface area contributed by atoms with Crippen molar-refractivity contribution >= 4 is 11.8 Å². The molecule has 1 heterocycles. The Hall–Kier alpha value is -0.610. The van der Waals surface area contributed by atoms with E-state index < -0.39 is 11.6 Å². The van der Waals surface area contributed by atoms with Gasteiger partial charge in [0.2, 0.25) is 0 Å². The zero-order chi connectivity index (χ0) is 13.1. The van der Waals surface area contributed by atoms with Gasteiger partial charge >= 0.3 is 0 Å². The monoisotopic (exact) mass is 271 g/mol. The molecule has 0 bridgehead atoms. The van der Waals surface area contributed by atoms with Crippen LogP contribution in [-0.2, 0) is 0 Å². The molecule has 1 fully saturated rings. The molecule has 1 aliphatic heterocycles. The third-order valence-corrected chi connectivity index (χ3v) is 4.69. The summed E-state index contributed by atoms with van der Waals surface area (Å²) in [5, 5.41) is 3.31. The SMILES string of the molecule is CCNC(c1ccc(C)c(F)c1F)C1CCSC1. The molecule has 1 aromatic carbocycles. The van der Waals surface area contributed by atoms with Crippen molar-refractivity contribution in [3.63, 3.8) is 0 Å². The summed E-state index contributed by atoms with van der Waals surface area (Å²) in [5.74, 6) is 1.14. The lowest BCUT2D eigenvalue weighted by Gasteiger charge is -2.25. The third-order valence-electron chi connectivity index (χ3n) is 3.50. The van der Waals surface area contributed by atoms with Crippen molar-refractivity contribution in [3.05, 3.63) is 34.9 Å². The number of aryl methyl sites for hydroxylation is 1. The van der Waals surface area contributed by atoms with Crippen molar-refractivity contribution < 1.29 is 8.78 Å². The smallest absolute Gasteiger partial charge is 0.163 e. The molecule has 1 nitrogen and oxygen atoms in total. The summed E-state index contributed by atoms with van der Waals surface area (Å²) in [4.78, 5) is 0. The number of thioether (sulfide) groups is 1. The predicted molar refractivity (Wildman–Crippen MR) is 72.9 cm³/mol. The summed E-state index contributed by atoms with van der Waals surface area (Å²) in [6, 6.07) is 3.32. The van der Waals surface area contributed by atoms with Crippen LogP contribution in [0.25, 0.3) is 0 Å². The van der Waals surface area contributed by atoms with Crippen LogP contribution >= 0.6 is 11.8 Å². The Morgan fingerprint density at radius 1 is 1.39 bits per heavy atom. The molecule has 0 aliphatic carbocycles. The maximum atomic E-state index is 14.1. The van der Waals surface area contributed by atoms with Crippen molar-refractivity contribution in [3.8, 4) is 0 Å². The zero-order valence-corrected chi connectivity index (χ0v) is 11.6. The van der Waals surface area contributed by atoms with Crippen LogP contribution in [0.3, 0.4) is 0 Å². The Kier molecular flexibility index (Phi) is 4.62. The fourth-order valence-corrected chi connectivity index (χ4v) is 3.77. The summed E-state index contributed by atoms with van der Waals surface area (Å²) in [7, 11) is 0. The van der Waals surface area contributed by atoms with Crippen molar-refractivity contribution in [2.75, 3.05) is 18.1 Å². The first-order valence-corrected chi connectivity index (χ1v) is 7.56. The Morgan fingerprint density at radius 3 is 2.78 bits per heavy atom. The normalized spacial score (nSPS) is 21.2. The molecule has 2 atom stereocenters. The molecule has 1 N–H and O–H groups in total. The van der Waals surface area contributed by atoms with Gasteiger partial charge < -0.3 is 5.32 Å². The van der Waals surface area contributed by atoms with Gasteiger partial charge in [-0.3, -0.25) is 0 Å². The Morgan fingerprint density at radius 2 is 2.17 bits per heavy atom. The van der Waals surface area contributed by atoms with E-state index in [0.29, 0.717) is 17.0 Å². The van der Waals surface area contributed by atoms with E-state index in [1.165, 1.54) is 0 Å². The fraction of sp³-hybridized carbons (Fsp3) is 0.571. The van der Waals surface area contributed by atoms with Crippen molar-refractivity contribution in [1.82, 2.24) is 5.32 Å². The van der Waals surface area contributed by atoms with E-state index >= 15 is 0 Å². The topological polar surface area (TPSA) is 12.0 Å². The summed E-state index contributed by atoms with van der Waals surface area (Å²) in [6.07, 6.45) is 1.07. The van der Waals surface area contributed by atoms with Crippen LogP contribution in [0, 0.1) is 24.5 Å². The summed E-state index contributed by atoms with van der Waals surface area (Å²) in [6.45, 7) is 4.36. The maximum absolute atomic E-state index is 14.1.